The van der Waals surface area contributed by atoms with Gasteiger partial charge in [-0.25, -0.2) is 0 Å². The Morgan fingerprint density at radius 3 is 2.38 bits per heavy atom. The molecule has 4 aliphatic carbocycles. The summed E-state index contributed by atoms with van der Waals surface area (Å²) in [5.41, 5.74) is 0. The van der Waals surface area contributed by atoms with Gasteiger partial charge in [-0.15, -0.1) is 11.6 Å². The lowest BCUT2D eigenvalue weighted by molar-refractivity contribution is 0.148. The molecule has 0 spiro atoms. The van der Waals surface area contributed by atoms with Crippen molar-refractivity contribution in [2.75, 3.05) is 0 Å². The van der Waals surface area contributed by atoms with Crippen molar-refractivity contribution in [1.82, 2.24) is 0 Å². The Bertz CT molecular complexity index is 250. The number of hydrogen-bond donors (Lipinski definition) is 0. The van der Waals surface area contributed by atoms with Crippen LogP contribution in [0.15, 0.2) is 0 Å². The summed E-state index contributed by atoms with van der Waals surface area (Å²) in [5.74, 6) is 6.44. The maximum absolute atomic E-state index is 6.41. The van der Waals surface area contributed by atoms with Crippen LogP contribution in [-0.4, -0.2) is 5.38 Å². The summed E-state index contributed by atoms with van der Waals surface area (Å²) in [6.45, 7) is 0. The van der Waals surface area contributed by atoms with E-state index in [1.54, 1.807) is 19.3 Å². The smallest absolute Gasteiger partial charge is 0.0370 e. The molecule has 0 nitrogen and oxygen atoms in total. The van der Waals surface area contributed by atoms with Gasteiger partial charge in [0.1, 0.15) is 0 Å². The minimum absolute atomic E-state index is 0.561. The van der Waals surface area contributed by atoms with Crippen LogP contribution in [0.4, 0.5) is 0 Å². The molecule has 0 N–H and O–H groups in total. The van der Waals surface area contributed by atoms with E-state index < -0.39 is 0 Å². The molecule has 0 aromatic rings. The summed E-state index contributed by atoms with van der Waals surface area (Å²) in [4.78, 5) is 0. The highest BCUT2D eigenvalue weighted by Crippen LogP contribution is 2.68. The van der Waals surface area contributed by atoms with Gasteiger partial charge in [0.15, 0.2) is 0 Å². The standard InChI is InChI=1S/C12H17Cl/c13-10-5-8-4-9(10)12-7-2-1-6(3-7)11(8)12/h6-12H,1-5H2. The van der Waals surface area contributed by atoms with E-state index in [1.165, 1.54) is 12.8 Å². The van der Waals surface area contributed by atoms with Crippen molar-refractivity contribution in [2.45, 2.75) is 37.5 Å². The monoisotopic (exact) mass is 196 g/mol. The predicted molar refractivity (Wildman–Crippen MR) is 53.7 cm³/mol. The number of rotatable bonds is 0. The highest BCUT2D eigenvalue weighted by Gasteiger charge is 2.61. The maximum atomic E-state index is 6.41. The Labute approximate surface area is 85.0 Å². The molecule has 4 aliphatic rings. The number of fused-ring (bicyclic) bond motifs is 9. The van der Waals surface area contributed by atoms with E-state index in [9.17, 15) is 0 Å². The number of hydrogen-bond acceptors (Lipinski definition) is 0. The maximum Gasteiger partial charge on any atom is 0.0370 e. The number of alkyl halides is 1. The van der Waals surface area contributed by atoms with Crippen LogP contribution in [0.25, 0.3) is 0 Å². The highest BCUT2D eigenvalue weighted by atomic mass is 35.5. The van der Waals surface area contributed by atoms with Gasteiger partial charge >= 0.3 is 0 Å². The lowest BCUT2D eigenvalue weighted by Gasteiger charge is -2.36. The van der Waals surface area contributed by atoms with E-state index in [0.717, 1.165) is 35.5 Å². The Morgan fingerprint density at radius 1 is 0.769 bits per heavy atom. The molecule has 4 rings (SSSR count). The summed E-state index contributed by atoms with van der Waals surface area (Å²) in [6.07, 6.45) is 7.53. The summed E-state index contributed by atoms with van der Waals surface area (Å²) in [7, 11) is 0. The third kappa shape index (κ3) is 0.763. The zero-order chi connectivity index (χ0) is 8.58. The lowest BCUT2D eigenvalue weighted by atomic mass is 9.71. The van der Waals surface area contributed by atoms with Crippen molar-refractivity contribution in [3.05, 3.63) is 0 Å². The fourth-order valence-corrected chi connectivity index (χ4v) is 5.98. The molecule has 4 fully saturated rings. The summed E-state index contributed by atoms with van der Waals surface area (Å²) in [5, 5.41) is 0.561. The largest absolute Gasteiger partial charge is 0.123 e. The van der Waals surface area contributed by atoms with E-state index in [4.69, 9.17) is 11.6 Å². The molecule has 0 aliphatic heterocycles. The SMILES string of the molecule is ClC1CC2CC1C1C3CCC(C3)C21. The summed E-state index contributed by atoms with van der Waals surface area (Å²) < 4.78 is 0. The van der Waals surface area contributed by atoms with Gasteiger partial charge in [0.2, 0.25) is 0 Å². The van der Waals surface area contributed by atoms with Gasteiger partial charge in [0, 0.05) is 5.38 Å². The van der Waals surface area contributed by atoms with Gasteiger partial charge < -0.3 is 0 Å². The average molecular weight is 197 g/mol. The van der Waals surface area contributed by atoms with Crippen LogP contribution in [0.2, 0.25) is 0 Å². The zero-order valence-electron chi connectivity index (χ0n) is 7.95. The van der Waals surface area contributed by atoms with Gasteiger partial charge in [-0.1, -0.05) is 0 Å². The van der Waals surface area contributed by atoms with E-state index in [0.29, 0.717) is 5.38 Å². The van der Waals surface area contributed by atoms with Gasteiger partial charge in [-0.3, -0.25) is 0 Å². The van der Waals surface area contributed by atoms with Crippen molar-refractivity contribution in [3.8, 4) is 0 Å². The van der Waals surface area contributed by atoms with Crippen molar-refractivity contribution in [3.63, 3.8) is 0 Å². The molecule has 0 aromatic heterocycles. The van der Waals surface area contributed by atoms with E-state index in [1.807, 2.05) is 0 Å². The topological polar surface area (TPSA) is 0 Å². The van der Waals surface area contributed by atoms with Gasteiger partial charge in [0.05, 0.1) is 0 Å². The molecule has 1 heteroatoms. The van der Waals surface area contributed by atoms with Crippen LogP contribution in [0.1, 0.15) is 32.1 Å². The highest BCUT2D eigenvalue weighted by molar-refractivity contribution is 6.21. The third-order valence-electron chi connectivity index (χ3n) is 5.65. The average Bonchev–Trinajstić information content (AvgIpc) is 2.78. The molecule has 0 radical (unpaired) electrons. The molecule has 7 unspecified atom stereocenters. The van der Waals surface area contributed by atoms with Crippen molar-refractivity contribution in [2.24, 2.45) is 35.5 Å². The number of halogens is 1. The van der Waals surface area contributed by atoms with E-state index in [-0.39, 0.29) is 0 Å². The molecule has 4 bridgehead atoms. The first-order valence-electron chi connectivity index (χ1n) is 5.98. The van der Waals surface area contributed by atoms with Crippen LogP contribution in [0, 0.1) is 35.5 Å². The first kappa shape index (κ1) is 7.56. The van der Waals surface area contributed by atoms with Crippen LogP contribution in [0.3, 0.4) is 0 Å². The van der Waals surface area contributed by atoms with Crippen LogP contribution >= 0.6 is 11.6 Å². The quantitative estimate of drug-likeness (QED) is 0.412. The fourth-order valence-electron chi connectivity index (χ4n) is 5.48. The van der Waals surface area contributed by atoms with Crippen molar-refractivity contribution >= 4 is 11.6 Å². The lowest BCUT2D eigenvalue weighted by Crippen LogP contribution is -2.32. The van der Waals surface area contributed by atoms with Gasteiger partial charge in [-0.05, 0) is 67.6 Å². The first-order valence-corrected chi connectivity index (χ1v) is 6.42. The molecular weight excluding hydrogens is 180 g/mol. The first-order chi connectivity index (χ1) is 6.34. The predicted octanol–water partition coefficient (Wildman–Crippen LogP) is 3.30. The fraction of sp³-hybridized carbons (Fsp3) is 1.00. The molecule has 4 saturated carbocycles. The Morgan fingerprint density at radius 2 is 1.54 bits per heavy atom. The second-order valence-electron chi connectivity index (χ2n) is 5.90. The van der Waals surface area contributed by atoms with Crippen LogP contribution < -0.4 is 0 Å². The van der Waals surface area contributed by atoms with Gasteiger partial charge in [0.25, 0.3) is 0 Å². The molecule has 7 atom stereocenters. The summed E-state index contributed by atoms with van der Waals surface area (Å²) >= 11 is 6.41. The summed E-state index contributed by atoms with van der Waals surface area (Å²) in [6, 6.07) is 0. The Kier molecular flexibility index (Phi) is 1.32. The molecule has 0 aromatic carbocycles. The molecule has 13 heavy (non-hydrogen) atoms. The second-order valence-corrected chi connectivity index (χ2v) is 6.46. The van der Waals surface area contributed by atoms with Gasteiger partial charge in [-0.2, -0.15) is 0 Å². The van der Waals surface area contributed by atoms with E-state index in [2.05, 4.69) is 0 Å². The molecule has 0 heterocycles. The molecule has 72 valence electrons. The van der Waals surface area contributed by atoms with E-state index >= 15 is 0 Å². The normalized spacial score (nSPS) is 67.6. The van der Waals surface area contributed by atoms with Crippen molar-refractivity contribution in [1.29, 1.82) is 0 Å². The third-order valence-corrected chi connectivity index (χ3v) is 6.15. The molecule has 0 saturated heterocycles. The van der Waals surface area contributed by atoms with Crippen molar-refractivity contribution < 1.29 is 0 Å². The molecule has 0 amide bonds. The van der Waals surface area contributed by atoms with Crippen LogP contribution in [-0.2, 0) is 0 Å². The Hall–Kier alpha value is 0.290. The zero-order valence-corrected chi connectivity index (χ0v) is 8.71. The second kappa shape index (κ2) is 2.27. The minimum atomic E-state index is 0.561. The minimum Gasteiger partial charge on any atom is -0.123 e. The molecular formula is C12H17Cl. The Balaban J connectivity index is 1.75. The van der Waals surface area contributed by atoms with Crippen LogP contribution in [0.5, 0.6) is 0 Å².